The number of nitrogens with two attached hydrogens (primary N) is 1. The van der Waals surface area contributed by atoms with Gasteiger partial charge in [0.1, 0.15) is 10.6 Å². The SMILES string of the molecule is NC(=O)c1cc([N+](=O)[O-])cn(Cc2csc(-c3ccsc3)n2)c1=O. The molecule has 0 aliphatic heterocycles. The molecule has 0 spiro atoms. The van der Waals surface area contributed by atoms with Gasteiger partial charge in [0.05, 0.1) is 23.4 Å². The molecule has 3 heterocycles. The number of aromatic nitrogens is 2. The van der Waals surface area contributed by atoms with Gasteiger partial charge < -0.3 is 10.3 Å². The number of carbonyl (C=O) groups excluding carboxylic acids is 1. The van der Waals surface area contributed by atoms with Crippen molar-refractivity contribution in [2.45, 2.75) is 6.54 Å². The summed E-state index contributed by atoms with van der Waals surface area (Å²) in [4.78, 5) is 38.3. The highest BCUT2D eigenvalue weighted by molar-refractivity contribution is 7.14. The summed E-state index contributed by atoms with van der Waals surface area (Å²) < 4.78 is 1.07. The van der Waals surface area contributed by atoms with Crippen LogP contribution in [0.4, 0.5) is 5.69 Å². The lowest BCUT2D eigenvalue weighted by Crippen LogP contribution is -2.30. The van der Waals surface area contributed by atoms with Crippen molar-refractivity contribution in [3.05, 3.63) is 66.2 Å². The van der Waals surface area contributed by atoms with Crippen LogP contribution in [0.2, 0.25) is 0 Å². The number of nitro groups is 1. The zero-order valence-corrected chi connectivity index (χ0v) is 13.7. The number of carbonyl (C=O) groups is 1. The molecule has 10 heteroatoms. The van der Waals surface area contributed by atoms with E-state index >= 15 is 0 Å². The number of pyridine rings is 1. The molecular formula is C14H10N4O4S2. The highest BCUT2D eigenvalue weighted by Crippen LogP contribution is 2.26. The molecule has 3 rings (SSSR count). The van der Waals surface area contributed by atoms with E-state index < -0.39 is 22.0 Å². The van der Waals surface area contributed by atoms with Crippen molar-refractivity contribution in [2.24, 2.45) is 5.73 Å². The van der Waals surface area contributed by atoms with E-state index in [2.05, 4.69) is 4.98 Å². The molecular weight excluding hydrogens is 352 g/mol. The van der Waals surface area contributed by atoms with E-state index in [0.29, 0.717) is 5.69 Å². The fourth-order valence-corrected chi connectivity index (χ4v) is 3.61. The molecule has 1 amide bonds. The molecule has 24 heavy (non-hydrogen) atoms. The summed E-state index contributed by atoms with van der Waals surface area (Å²) in [6.45, 7) is 0.0153. The second kappa shape index (κ2) is 6.34. The molecule has 0 radical (unpaired) electrons. The zero-order chi connectivity index (χ0) is 17.3. The van der Waals surface area contributed by atoms with E-state index in [1.165, 1.54) is 11.3 Å². The Kier molecular flexibility index (Phi) is 4.23. The number of primary amides is 1. The topological polar surface area (TPSA) is 121 Å². The average molecular weight is 362 g/mol. The molecule has 0 aliphatic rings. The third kappa shape index (κ3) is 3.09. The summed E-state index contributed by atoms with van der Waals surface area (Å²) >= 11 is 2.95. The van der Waals surface area contributed by atoms with Crippen molar-refractivity contribution in [1.82, 2.24) is 9.55 Å². The maximum Gasteiger partial charge on any atom is 0.286 e. The maximum absolute atomic E-state index is 12.2. The normalized spacial score (nSPS) is 10.7. The van der Waals surface area contributed by atoms with Gasteiger partial charge >= 0.3 is 0 Å². The number of hydrogen-bond acceptors (Lipinski definition) is 7. The van der Waals surface area contributed by atoms with E-state index in [4.69, 9.17) is 5.73 Å². The van der Waals surface area contributed by atoms with Gasteiger partial charge in [-0.25, -0.2) is 4.98 Å². The standard InChI is InChI=1S/C14H10N4O4S2/c15-12(19)11-3-10(18(21)22)5-17(14(11)20)4-9-7-24-13(16-9)8-1-2-23-6-8/h1-3,5-7H,4H2,(H2,15,19). The van der Waals surface area contributed by atoms with Crippen LogP contribution in [0.15, 0.2) is 39.3 Å². The summed E-state index contributed by atoms with van der Waals surface area (Å²) in [7, 11) is 0. The van der Waals surface area contributed by atoms with Crippen molar-refractivity contribution in [2.75, 3.05) is 0 Å². The fourth-order valence-electron chi connectivity index (χ4n) is 2.09. The van der Waals surface area contributed by atoms with E-state index in [1.807, 2.05) is 16.8 Å². The molecule has 0 bridgehead atoms. The molecule has 0 fully saturated rings. The third-order valence-electron chi connectivity index (χ3n) is 3.20. The number of amides is 1. The highest BCUT2D eigenvalue weighted by Gasteiger charge is 2.18. The van der Waals surface area contributed by atoms with Gasteiger partial charge in [-0.2, -0.15) is 11.3 Å². The monoisotopic (exact) mass is 362 g/mol. The summed E-state index contributed by atoms with van der Waals surface area (Å²) in [6, 6.07) is 2.82. The van der Waals surface area contributed by atoms with Crippen LogP contribution in [0, 0.1) is 10.1 Å². The molecule has 3 aromatic heterocycles. The molecule has 122 valence electrons. The molecule has 2 N–H and O–H groups in total. The first-order valence-corrected chi connectivity index (χ1v) is 8.43. The smallest absolute Gasteiger partial charge is 0.286 e. The highest BCUT2D eigenvalue weighted by atomic mass is 32.1. The lowest BCUT2D eigenvalue weighted by molar-refractivity contribution is -0.385. The van der Waals surface area contributed by atoms with Gasteiger partial charge in [0.2, 0.25) is 0 Å². The van der Waals surface area contributed by atoms with E-state index in [1.54, 1.807) is 16.7 Å². The van der Waals surface area contributed by atoms with Crippen LogP contribution in [-0.4, -0.2) is 20.4 Å². The van der Waals surface area contributed by atoms with Crippen LogP contribution in [0.5, 0.6) is 0 Å². The Hall–Kier alpha value is -2.85. The summed E-state index contributed by atoms with van der Waals surface area (Å²) in [5, 5.41) is 17.4. The lowest BCUT2D eigenvalue weighted by atomic mass is 10.2. The van der Waals surface area contributed by atoms with Gasteiger partial charge in [-0.15, -0.1) is 11.3 Å². The molecule has 8 nitrogen and oxygen atoms in total. The van der Waals surface area contributed by atoms with E-state index in [9.17, 15) is 19.7 Å². The van der Waals surface area contributed by atoms with E-state index in [-0.39, 0.29) is 12.2 Å². The van der Waals surface area contributed by atoms with Crippen LogP contribution in [-0.2, 0) is 6.54 Å². The van der Waals surface area contributed by atoms with Crippen molar-refractivity contribution >= 4 is 34.3 Å². The predicted octanol–water partition coefficient (Wildman–Crippen LogP) is 2.09. The van der Waals surface area contributed by atoms with Crippen LogP contribution >= 0.6 is 22.7 Å². The molecule has 0 aromatic carbocycles. The second-order valence-electron chi connectivity index (χ2n) is 4.82. The molecule has 0 atom stereocenters. The number of nitrogens with zero attached hydrogens (tertiary/aromatic N) is 3. The largest absolute Gasteiger partial charge is 0.365 e. The second-order valence-corrected chi connectivity index (χ2v) is 6.46. The van der Waals surface area contributed by atoms with Gasteiger partial charge in [0, 0.05) is 22.4 Å². The van der Waals surface area contributed by atoms with Gasteiger partial charge in [0.25, 0.3) is 17.2 Å². The Bertz CT molecular complexity index is 975. The molecule has 0 unspecified atom stereocenters. The molecule has 0 aliphatic carbocycles. The summed E-state index contributed by atoms with van der Waals surface area (Å²) in [5.74, 6) is -1.00. The van der Waals surface area contributed by atoms with Gasteiger partial charge in [0.15, 0.2) is 0 Å². The van der Waals surface area contributed by atoms with Crippen molar-refractivity contribution in [1.29, 1.82) is 0 Å². The fraction of sp³-hybridized carbons (Fsp3) is 0.0714. The average Bonchev–Trinajstić information content (AvgIpc) is 3.19. The van der Waals surface area contributed by atoms with Crippen molar-refractivity contribution in [3.8, 4) is 10.6 Å². The summed E-state index contributed by atoms with van der Waals surface area (Å²) in [6.07, 6.45) is 1.08. The maximum atomic E-state index is 12.2. The number of rotatable bonds is 5. The minimum atomic E-state index is -1.00. The minimum Gasteiger partial charge on any atom is -0.365 e. The quantitative estimate of drug-likeness (QED) is 0.550. The Morgan fingerprint density at radius 2 is 2.21 bits per heavy atom. The van der Waals surface area contributed by atoms with Gasteiger partial charge in [-0.05, 0) is 11.4 Å². The third-order valence-corrected chi connectivity index (χ3v) is 4.82. The lowest BCUT2D eigenvalue weighted by Gasteiger charge is -2.05. The van der Waals surface area contributed by atoms with Gasteiger partial charge in [-0.3, -0.25) is 19.7 Å². The zero-order valence-electron chi connectivity index (χ0n) is 12.0. The van der Waals surface area contributed by atoms with Crippen LogP contribution in [0.25, 0.3) is 10.6 Å². The minimum absolute atomic E-state index is 0.0153. The Balaban J connectivity index is 1.99. The van der Waals surface area contributed by atoms with Gasteiger partial charge in [-0.1, -0.05) is 0 Å². The van der Waals surface area contributed by atoms with E-state index in [0.717, 1.165) is 27.4 Å². The first kappa shape index (κ1) is 16.0. The predicted molar refractivity (Wildman–Crippen MR) is 90.4 cm³/mol. The first-order chi connectivity index (χ1) is 11.5. The van der Waals surface area contributed by atoms with Crippen LogP contribution < -0.4 is 11.3 Å². The number of thiazole rings is 1. The number of thiophene rings is 1. The molecule has 0 saturated carbocycles. The first-order valence-electron chi connectivity index (χ1n) is 6.61. The summed E-state index contributed by atoms with van der Waals surface area (Å²) in [5.41, 5.74) is 5.19. The Morgan fingerprint density at radius 1 is 1.42 bits per heavy atom. The Morgan fingerprint density at radius 3 is 2.83 bits per heavy atom. The molecule has 3 aromatic rings. The molecule has 0 saturated heterocycles. The Labute approximate surface area is 143 Å². The van der Waals surface area contributed by atoms with Crippen LogP contribution in [0.3, 0.4) is 0 Å². The number of hydrogen-bond donors (Lipinski definition) is 1. The van der Waals surface area contributed by atoms with Crippen molar-refractivity contribution < 1.29 is 9.72 Å². The van der Waals surface area contributed by atoms with Crippen LogP contribution in [0.1, 0.15) is 16.1 Å². The van der Waals surface area contributed by atoms with Crippen molar-refractivity contribution in [3.63, 3.8) is 0 Å².